The van der Waals surface area contributed by atoms with Crippen molar-refractivity contribution >= 4 is 40.6 Å². The number of rotatable bonds is 6. The number of benzene rings is 2. The summed E-state index contributed by atoms with van der Waals surface area (Å²) >= 11 is 12.5. The Morgan fingerprint density at radius 2 is 1.76 bits per heavy atom. The second-order valence-electron chi connectivity index (χ2n) is 9.11. The van der Waals surface area contributed by atoms with Gasteiger partial charge in [-0.2, -0.15) is 5.10 Å². The summed E-state index contributed by atoms with van der Waals surface area (Å²) in [6.07, 6.45) is 1.70. The van der Waals surface area contributed by atoms with E-state index in [2.05, 4.69) is 10.2 Å². The van der Waals surface area contributed by atoms with E-state index in [4.69, 9.17) is 27.9 Å². The number of ketones is 1. The molecule has 2 aromatic carbocycles. The van der Waals surface area contributed by atoms with Crippen LogP contribution in [0, 0.1) is 5.82 Å². The zero-order chi connectivity index (χ0) is 25.9. The van der Waals surface area contributed by atoms with E-state index in [1.807, 2.05) is 4.90 Å². The highest BCUT2D eigenvalue weighted by molar-refractivity contribution is 6.36. The van der Waals surface area contributed by atoms with E-state index in [0.717, 1.165) is 29.8 Å². The first-order chi connectivity index (χ1) is 17.9. The summed E-state index contributed by atoms with van der Waals surface area (Å²) in [6, 6.07) is 11.5. The van der Waals surface area contributed by atoms with Crippen LogP contribution in [-0.2, 0) is 24.1 Å². The van der Waals surface area contributed by atoms with E-state index in [9.17, 15) is 14.0 Å². The monoisotopic (exact) mass is 542 g/mol. The quantitative estimate of drug-likeness (QED) is 0.329. The van der Waals surface area contributed by atoms with Crippen LogP contribution >= 0.6 is 23.2 Å². The lowest BCUT2D eigenvalue weighted by atomic mass is 10.0. The lowest BCUT2D eigenvalue weighted by molar-refractivity contribution is 0.0303. The number of morpholine rings is 1. The summed E-state index contributed by atoms with van der Waals surface area (Å²) in [5, 5.41) is 8.86. The molecule has 0 unspecified atom stereocenters. The minimum absolute atomic E-state index is 0.00603. The summed E-state index contributed by atoms with van der Waals surface area (Å²) in [5.74, 6) is -0.755. The molecule has 192 valence electrons. The van der Waals surface area contributed by atoms with Crippen LogP contribution in [0.1, 0.15) is 44.1 Å². The lowest BCUT2D eigenvalue weighted by Crippen LogP contribution is -2.40. The maximum absolute atomic E-state index is 14.0. The van der Waals surface area contributed by atoms with Gasteiger partial charge in [-0.3, -0.25) is 9.59 Å². The number of hydrogen-bond acceptors (Lipinski definition) is 6. The molecule has 0 radical (unpaired) electrons. The fourth-order valence-corrected chi connectivity index (χ4v) is 5.10. The molecule has 0 atom stereocenters. The van der Waals surface area contributed by atoms with Crippen molar-refractivity contribution in [1.29, 1.82) is 0 Å². The van der Waals surface area contributed by atoms with Crippen molar-refractivity contribution < 1.29 is 18.7 Å². The smallest absolute Gasteiger partial charge is 0.254 e. The van der Waals surface area contributed by atoms with Crippen LogP contribution < -0.4 is 4.90 Å². The van der Waals surface area contributed by atoms with Gasteiger partial charge in [0.25, 0.3) is 5.91 Å². The molecule has 1 amide bonds. The van der Waals surface area contributed by atoms with Gasteiger partial charge < -0.3 is 14.5 Å². The average Bonchev–Trinajstić information content (AvgIpc) is 2.93. The Balaban J connectivity index is 1.31. The number of anilines is 1. The van der Waals surface area contributed by atoms with Gasteiger partial charge in [-0.15, -0.1) is 5.10 Å². The molecule has 0 aliphatic carbocycles. The summed E-state index contributed by atoms with van der Waals surface area (Å²) in [5.41, 5.74) is 3.64. The second kappa shape index (κ2) is 11.1. The van der Waals surface area contributed by atoms with E-state index >= 15 is 0 Å². The van der Waals surface area contributed by atoms with Crippen molar-refractivity contribution in [2.45, 2.75) is 25.8 Å². The Morgan fingerprint density at radius 1 is 1.00 bits per heavy atom. The predicted molar refractivity (Wildman–Crippen MR) is 139 cm³/mol. The average molecular weight is 543 g/mol. The number of hydrogen-bond donors (Lipinski definition) is 0. The molecule has 0 saturated carbocycles. The standard InChI is InChI=1S/C27H25Cl2FN4O3/c28-20-7-8-21(30)26(29)19(20)16-34-9-1-2-22-24(34)15-23(32-31-22)25(35)14-17-3-5-18(6-4-17)27(36)33-10-12-37-13-11-33/h3-8,15H,1-2,9-14,16H2. The zero-order valence-electron chi connectivity index (χ0n) is 20.1. The number of ether oxygens (including phenoxy) is 1. The Bertz CT molecular complexity index is 1330. The molecule has 10 heteroatoms. The van der Waals surface area contributed by atoms with E-state index in [1.54, 1.807) is 35.2 Å². The maximum atomic E-state index is 14.0. The fraction of sp³-hybridized carbons (Fsp3) is 0.333. The highest BCUT2D eigenvalue weighted by atomic mass is 35.5. The third-order valence-electron chi connectivity index (χ3n) is 6.67. The molecule has 2 aliphatic rings. The largest absolute Gasteiger partial charge is 0.378 e. The minimum Gasteiger partial charge on any atom is -0.378 e. The fourth-order valence-electron chi connectivity index (χ4n) is 4.61. The van der Waals surface area contributed by atoms with Crippen LogP contribution in [0.4, 0.5) is 10.1 Å². The van der Waals surface area contributed by atoms with E-state index < -0.39 is 5.82 Å². The third-order valence-corrected chi connectivity index (χ3v) is 7.43. The number of carbonyl (C=O) groups is 2. The number of fused-ring (bicyclic) bond motifs is 1. The van der Waals surface area contributed by atoms with Gasteiger partial charge in [0.1, 0.15) is 11.5 Å². The number of aromatic nitrogens is 2. The van der Waals surface area contributed by atoms with Crippen LogP contribution in [0.5, 0.6) is 0 Å². The van der Waals surface area contributed by atoms with Gasteiger partial charge in [0.15, 0.2) is 5.78 Å². The molecule has 5 rings (SSSR count). The molecule has 7 nitrogen and oxygen atoms in total. The van der Waals surface area contributed by atoms with E-state index in [0.29, 0.717) is 55.5 Å². The Kier molecular flexibility index (Phi) is 7.69. The molecule has 3 heterocycles. The molecule has 0 N–H and O–H groups in total. The van der Waals surface area contributed by atoms with Gasteiger partial charge in [-0.1, -0.05) is 35.3 Å². The molecule has 37 heavy (non-hydrogen) atoms. The number of carbonyl (C=O) groups excluding carboxylic acids is 2. The predicted octanol–water partition coefficient (Wildman–Crippen LogP) is 4.77. The van der Waals surface area contributed by atoms with Crippen LogP contribution in [0.3, 0.4) is 0 Å². The van der Waals surface area contributed by atoms with Crippen molar-refractivity contribution in [3.05, 3.63) is 86.4 Å². The van der Waals surface area contributed by atoms with Gasteiger partial charge in [0.2, 0.25) is 0 Å². The third kappa shape index (κ3) is 5.61. The Morgan fingerprint density at radius 3 is 2.51 bits per heavy atom. The summed E-state index contributed by atoms with van der Waals surface area (Å²) in [7, 11) is 0. The van der Waals surface area contributed by atoms with Gasteiger partial charge in [0.05, 0.1) is 29.6 Å². The highest BCUT2D eigenvalue weighted by Crippen LogP contribution is 2.33. The normalized spacial score (nSPS) is 15.4. The van der Waals surface area contributed by atoms with Crippen molar-refractivity contribution in [2.75, 3.05) is 37.7 Å². The van der Waals surface area contributed by atoms with Crippen molar-refractivity contribution in [2.24, 2.45) is 0 Å². The number of halogens is 3. The highest BCUT2D eigenvalue weighted by Gasteiger charge is 2.24. The molecule has 3 aromatic rings. The van der Waals surface area contributed by atoms with Gasteiger partial charge in [0, 0.05) is 48.7 Å². The number of Topliss-reactive ketones (excluding diaryl/α,β-unsaturated/α-hetero) is 1. The van der Waals surface area contributed by atoms with Crippen molar-refractivity contribution in [1.82, 2.24) is 15.1 Å². The Hall–Kier alpha value is -3.07. The van der Waals surface area contributed by atoms with E-state index in [-0.39, 0.29) is 28.8 Å². The first-order valence-electron chi connectivity index (χ1n) is 12.1. The van der Waals surface area contributed by atoms with Gasteiger partial charge in [-0.25, -0.2) is 4.39 Å². The van der Waals surface area contributed by atoms with Crippen LogP contribution in [0.25, 0.3) is 0 Å². The first-order valence-corrected chi connectivity index (χ1v) is 12.9. The van der Waals surface area contributed by atoms with Gasteiger partial charge >= 0.3 is 0 Å². The molecule has 1 fully saturated rings. The molecule has 0 spiro atoms. The molecule has 2 aliphatic heterocycles. The summed E-state index contributed by atoms with van der Waals surface area (Å²) < 4.78 is 19.4. The number of nitrogens with zero attached hydrogens (tertiary/aromatic N) is 4. The summed E-state index contributed by atoms with van der Waals surface area (Å²) in [4.78, 5) is 29.5. The molecular weight excluding hydrogens is 518 g/mol. The minimum atomic E-state index is -0.528. The molecule has 1 saturated heterocycles. The van der Waals surface area contributed by atoms with Gasteiger partial charge in [-0.05, 0) is 48.7 Å². The SMILES string of the molecule is O=C(Cc1ccc(C(=O)N2CCOCC2)cc1)c1cc2c(nn1)CCCN2Cc1c(Cl)ccc(F)c1Cl. The topological polar surface area (TPSA) is 75.6 Å². The first kappa shape index (κ1) is 25.6. The number of amides is 1. The molecule has 0 bridgehead atoms. The molecule has 1 aromatic heterocycles. The Labute approximate surface area is 224 Å². The van der Waals surface area contributed by atoms with Crippen LogP contribution in [0.15, 0.2) is 42.5 Å². The van der Waals surface area contributed by atoms with Crippen LogP contribution in [0.2, 0.25) is 10.0 Å². The summed E-state index contributed by atoms with van der Waals surface area (Å²) in [6.45, 7) is 3.21. The lowest BCUT2D eigenvalue weighted by Gasteiger charge is -2.31. The van der Waals surface area contributed by atoms with Crippen molar-refractivity contribution in [3.8, 4) is 0 Å². The van der Waals surface area contributed by atoms with Crippen molar-refractivity contribution in [3.63, 3.8) is 0 Å². The zero-order valence-corrected chi connectivity index (χ0v) is 21.6. The van der Waals surface area contributed by atoms with E-state index in [1.165, 1.54) is 12.1 Å². The number of aryl methyl sites for hydroxylation is 1. The maximum Gasteiger partial charge on any atom is 0.254 e. The molecular formula is C27H25Cl2FN4O3. The second-order valence-corrected chi connectivity index (χ2v) is 9.89. The van der Waals surface area contributed by atoms with Crippen LogP contribution in [-0.4, -0.2) is 59.6 Å².